The Kier molecular flexibility index (Phi) is 8.66. The van der Waals surface area contributed by atoms with E-state index in [0.717, 1.165) is 66.9 Å². The summed E-state index contributed by atoms with van der Waals surface area (Å²) >= 11 is 0. The molecule has 3 aliphatic heterocycles. The molecular formula is C33H39N9O4. The standard InChI is InChI=1S/C33H39N9O4/c43-32(37-25-7-16-41(17-8-25)33(44)45)36-24-5-3-23(4-6-24)30-38-28(22-11-18-46-19-12-22)29-31(39-30)42(21-35-29)27-9-14-40(15-10-27)20-26-2-1-13-34-26/h1-6,11,13,21,25,27,34H,7-10,12,14-20H2,(H,44,45)(H2,36,37,43). The fourth-order valence-electron chi connectivity index (χ4n) is 6.61. The Hall–Kier alpha value is -4.75. The number of aromatic amines is 1. The van der Waals surface area contributed by atoms with Gasteiger partial charge in [0.25, 0.3) is 0 Å². The van der Waals surface area contributed by atoms with Crippen LogP contribution >= 0.6 is 0 Å². The Labute approximate surface area is 266 Å². The minimum Gasteiger partial charge on any atom is -0.465 e. The van der Waals surface area contributed by atoms with Crippen molar-refractivity contribution in [1.29, 1.82) is 0 Å². The summed E-state index contributed by atoms with van der Waals surface area (Å²) in [6.45, 7) is 4.95. The Morgan fingerprint density at radius 1 is 1.02 bits per heavy atom. The average molecular weight is 626 g/mol. The smallest absolute Gasteiger partial charge is 0.407 e. The minimum absolute atomic E-state index is 0.0657. The second-order valence-corrected chi connectivity index (χ2v) is 12.2. The highest BCUT2D eigenvalue weighted by molar-refractivity contribution is 5.90. The number of carboxylic acid groups (broad SMARTS) is 1. The molecule has 4 aromatic rings. The van der Waals surface area contributed by atoms with Gasteiger partial charge in [-0.2, -0.15) is 0 Å². The monoisotopic (exact) mass is 625 g/mol. The molecule has 0 unspecified atom stereocenters. The van der Waals surface area contributed by atoms with Crippen LogP contribution in [0.4, 0.5) is 15.3 Å². The molecule has 13 heteroatoms. The SMILES string of the molecule is O=C(Nc1ccc(-c2nc(C3=CCOCC3)c3ncn(C4CCN(Cc5ccc[nH]5)CC4)c3n2)cc1)NC1CCN(C(=O)O)CC1. The molecule has 0 aliphatic carbocycles. The van der Waals surface area contributed by atoms with Crippen LogP contribution in [0.15, 0.2) is 55.0 Å². The number of imidazole rings is 1. The van der Waals surface area contributed by atoms with Gasteiger partial charge in [0.15, 0.2) is 11.5 Å². The van der Waals surface area contributed by atoms with Crippen LogP contribution in [0.3, 0.4) is 0 Å². The van der Waals surface area contributed by atoms with Crippen LogP contribution in [-0.2, 0) is 11.3 Å². The van der Waals surface area contributed by atoms with Gasteiger partial charge in [-0.25, -0.2) is 24.5 Å². The van der Waals surface area contributed by atoms with Crippen LogP contribution in [-0.4, -0.2) is 97.0 Å². The average Bonchev–Trinajstić information content (AvgIpc) is 3.76. The van der Waals surface area contributed by atoms with Gasteiger partial charge < -0.3 is 34.9 Å². The number of aromatic nitrogens is 5. The van der Waals surface area contributed by atoms with Gasteiger partial charge in [0, 0.05) is 67.9 Å². The van der Waals surface area contributed by atoms with E-state index in [1.807, 2.05) is 42.9 Å². The number of anilines is 1. The quantitative estimate of drug-likeness (QED) is 0.230. The summed E-state index contributed by atoms with van der Waals surface area (Å²) < 4.78 is 7.82. The van der Waals surface area contributed by atoms with Gasteiger partial charge in [-0.3, -0.25) is 4.90 Å². The third kappa shape index (κ3) is 6.60. The van der Waals surface area contributed by atoms with Gasteiger partial charge in [-0.05, 0) is 74.1 Å². The highest BCUT2D eigenvalue weighted by atomic mass is 16.5. The predicted octanol–water partition coefficient (Wildman–Crippen LogP) is 4.73. The molecule has 2 saturated heterocycles. The number of hydrogen-bond donors (Lipinski definition) is 4. The number of carbonyl (C=O) groups excluding carboxylic acids is 1. The van der Waals surface area contributed by atoms with Crippen LogP contribution in [0.25, 0.3) is 28.1 Å². The maximum absolute atomic E-state index is 12.7. The normalized spacial score (nSPS) is 18.4. The van der Waals surface area contributed by atoms with Gasteiger partial charge >= 0.3 is 12.1 Å². The van der Waals surface area contributed by atoms with E-state index in [9.17, 15) is 9.59 Å². The number of carbonyl (C=O) groups is 2. The fourth-order valence-corrected chi connectivity index (χ4v) is 6.61. The third-order valence-electron chi connectivity index (χ3n) is 9.20. The second kappa shape index (κ2) is 13.3. The van der Waals surface area contributed by atoms with Crippen molar-refractivity contribution in [2.45, 2.75) is 50.7 Å². The fraction of sp³-hybridized carbons (Fsp3) is 0.424. The Morgan fingerprint density at radius 2 is 1.83 bits per heavy atom. The van der Waals surface area contributed by atoms with Crippen molar-refractivity contribution in [1.82, 2.24) is 39.6 Å². The van der Waals surface area contributed by atoms with E-state index in [0.29, 0.717) is 56.7 Å². The molecule has 4 N–H and O–H groups in total. The third-order valence-corrected chi connectivity index (χ3v) is 9.20. The Balaban J connectivity index is 1.08. The number of urea groups is 1. The van der Waals surface area contributed by atoms with Crippen molar-refractivity contribution in [2.24, 2.45) is 0 Å². The molecule has 13 nitrogen and oxygen atoms in total. The van der Waals surface area contributed by atoms with Gasteiger partial charge in [-0.15, -0.1) is 0 Å². The van der Waals surface area contributed by atoms with Crippen molar-refractivity contribution in [2.75, 3.05) is 44.7 Å². The summed E-state index contributed by atoms with van der Waals surface area (Å²) in [5, 5.41) is 15.0. The predicted molar refractivity (Wildman–Crippen MR) is 173 cm³/mol. The molecule has 3 aromatic heterocycles. The van der Waals surface area contributed by atoms with E-state index < -0.39 is 6.09 Å². The molecule has 3 amide bonds. The topological polar surface area (TPSA) is 154 Å². The Morgan fingerprint density at radius 3 is 2.52 bits per heavy atom. The van der Waals surface area contributed by atoms with Gasteiger partial charge in [0.2, 0.25) is 0 Å². The largest absolute Gasteiger partial charge is 0.465 e. The van der Waals surface area contributed by atoms with E-state index in [1.165, 1.54) is 10.6 Å². The molecule has 2 fully saturated rings. The van der Waals surface area contributed by atoms with Crippen molar-refractivity contribution >= 4 is 34.5 Å². The zero-order valence-electron chi connectivity index (χ0n) is 25.7. The summed E-state index contributed by atoms with van der Waals surface area (Å²) in [4.78, 5) is 45.9. The molecule has 0 bridgehead atoms. The van der Waals surface area contributed by atoms with Gasteiger partial charge in [-0.1, -0.05) is 6.08 Å². The number of H-pyrrole nitrogens is 1. The number of hydrogen-bond acceptors (Lipinski definition) is 7. The molecule has 46 heavy (non-hydrogen) atoms. The van der Waals surface area contributed by atoms with Crippen LogP contribution in [0.5, 0.6) is 0 Å². The molecule has 6 heterocycles. The zero-order valence-corrected chi connectivity index (χ0v) is 25.7. The number of likely N-dealkylation sites (tertiary alicyclic amines) is 2. The van der Waals surface area contributed by atoms with Crippen molar-refractivity contribution in [3.8, 4) is 11.4 Å². The highest BCUT2D eigenvalue weighted by Gasteiger charge is 2.26. The lowest BCUT2D eigenvalue weighted by Crippen LogP contribution is -2.47. The van der Waals surface area contributed by atoms with Crippen molar-refractivity contribution < 1.29 is 19.4 Å². The number of nitrogens with one attached hydrogen (secondary N) is 3. The number of amides is 3. The van der Waals surface area contributed by atoms with Crippen LogP contribution < -0.4 is 10.6 Å². The van der Waals surface area contributed by atoms with Gasteiger partial charge in [0.05, 0.1) is 25.2 Å². The van der Waals surface area contributed by atoms with Crippen LogP contribution in [0, 0.1) is 0 Å². The molecule has 0 saturated carbocycles. The summed E-state index contributed by atoms with van der Waals surface area (Å²) in [7, 11) is 0. The van der Waals surface area contributed by atoms with Crippen LogP contribution in [0.1, 0.15) is 49.5 Å². The van der Waals surface area contributed by atoms with Crippen molar-refractivity contribution in [3.63, 3.8) is 0 Å². The number of rotatable bonds is 7. The molecule has 0 radical (unpaired) electrons. The zero-order chi connectivity index (χ0) is 31.5. The first-order chi connectivity index (χ1) is 22.5. The molecule has 240 valence electrons. The molecular weight excluding hydrogens is 586 g/mol. The highest BCUT2D eigenvalue weighted by Crippen LogP contribution is 2.32. The van der Waals surface area contributed by atoms with Gasteiger partial charge in [0.1, 0.15) is 5.52 Å². The lowest BCUT2D eigenvalue weighted by molar-refractivity contribution is 0.130. The van der Waals surface area contributed by atoms with Crippen molar-refractivity contribution in [3.05, 3.63) is 66.4 Å². The Bertz CT molecular complexity index is 1700. The first-order valence-electron chi connectivity index (χ1n) is 16.0. The maximum atomic E-state index is 12.7. The number of benzene rings is 1. The molecule has 0 spiro atoms. The van der Waals surface area contributed by atoms with E-state index in [4.69, 9.17) is 24.8 Å². The van der Waals surface area contributed by atoms with E-state index in [2.05, 4.69) is 37.2 Å². The molecule has 7 rings (SSSR count). The van der Waals surface area contributed by atoms with E-state index in [-0.39, 0.29) is 12.1 Å². The molecule has 3 aliphatic rings. The first-order valence-corrected chi connectivity index (χ1v) is 16.0. The summed E-state index contributed by atoms with van der Waals surface area (Å²) in [5.41, 5.74) is 6.35. The number of piperidine rings is 2. The molecule has 1 aromatic carbocycles. The lowest BCUT2D eigenvalue weighted by atomic mass is 10.0. The summed E-state index contributed by atoms with van der Waals surface area (Å²) in [5.74, 6) is 0.613. The van der Waals surface area contributed by atoms with Crippen LogP contribution in [0.2, 0.25) is 0 Å². The minimum atomic E-state index is -0.920. The number of ether oxygens (including phenoxy) is 1. The maximum Gasteiger partial charge on any atom is 0.407 e. The molecule has 0 atom stereocenters. The summed E-state index contributed by atoms with van der Waals surface area (Å²) in [6, 6.07) is 11.6. The second-order valence-electron chi connectivity index (χ2n) is 12.2. The number of fused-ring (bicyclic) bond motifs is 1. The summed E-state index contributed by atoms with van der Waals surface area (Å²) in [6.07, 6.45) is 9.04. The number of nitrogens with zero attached hydrogens (tertiary/aromatic N) is 6. The van der Waals surface area contributed by atoms with E-state index in [1.54, 1.807) is 0 Å². The first kappa shape index (κ1) is 29.9. The van der Waals surface area contributed by atoms with E-state index >= 15 is 0 Å². The lowest BCUT2D eigenvalue weighted by Gasteiger charge is -2.32.